The minimum atomic E-state index is -2.79. The maximum atomic E-state index is 12.3. The number of benzene rings is 1. The van der Waals surface area contributed by atoms with E-state index in [1.54, 1.807) is 18.2 Å². The van der Waals surface area contributed by atoms with Gasteiger partial charge in [0.2, 0.25) is 0 Å². The normalized spacial score (nSPS) is 17.1. The first-order valence-corrected chi connectivity index (χ1v) is 9.18. The highest BCUT2D eigenvalue weighted by atomic mass is 127. The predicted molar refractivity (Wildman–Crippen MR) is 96.5 cm³/mol. The molecule has 130 valence electrons. The second kappa shape index (κ2) is 7.77. The molecule has 0 bridgehead atoms. The number of nitrogens with zero attached hydrogens (tertiary/aromatic N) is 2. The zero-order valence-corrected chi connectivity index (χ0v) is 15.6. The summed E-state index contributed by atoms with van der Waals surface area (Å²) in [4.78, 5) is 4.67. The fourth-order valence-corrected chi connectivity index (χ4v) is 4.15. The smallest absolute Gasteiger partial charge is 0.387 e. The van der Waals surface area contributed by atoms with Gasteiger partial charge < -0.3 is 14.6 Å². The molecule has 0 radical (unpaired) electrons. The van der Waals surface area contributed by atoms with Gasteiger partial charge in [0.15, 0.2) is 0 Å². The molecule has 0 spiro atoms. The SMILES string of the molecule is CCc1nc(I)c2n1CCNC2CCc1cccc(OC(F)F)c1. The van der Waals surface area contributed by atoms with Crippen LogP contribution in [0.15, 0.2) is 24.3 Å². The first-order chi connectivity index (χ1) is 11.6. The first kappa shape index (κ1) is 17.6. The summed E-state index contributed by atoms with van der Waals surface area (Å²) in [5.41, 5.74) is 2.25. The molecule has 2 aromatic rings. The number of rotatable bonds is 6. The van der Waals surface area contributed by atoms with Gasteiger partial charge in [-0.25, -0.2) is 4.98 Å². The van der Waals surface area contributed by atoms with Crippen molar-refractivity contribution in [3.63, 3.8) is 0 Å². The van der Waals surface area contributed by atoms with Crippen molar-refractivity contribution >= 4 is 22.6 Å². The molecule has 7 heteroatoms. The molecule has 0 aliphatic carbocycles. The highest BCUT2D eigenvalue weighted by Crippen LogP contribution is 2.28. The molecule has 0 saturated heterocycles. The summed E-state index contributed by atoms with van der Waals surface area (Å²) in [5.74, 6) is 1.35. The minimum Gasteiger partial charge on any atom is -0.435 e. The first-order valence-electron chi connectivity index (χ1n) is 8.10. The Balaban J connectivity index is 1.71. The van der Waals surface area contributed by atoms with E-state index in [4.69, 9.17) is 0 Å². The van der Waals surface area contributed by atoms with Crippen molar-refractivity contribution in [1.82, 2.24) is 14.9 Å². The van der Waals surface area contributed by atoms with E-state index in [1.165, 1.54) is 5.69 Å². The summed E-state index contributed by atoms with van der Waals surface area (Å²) in [7, 11) is 0. The van der Waals surface area contributed by atoms with Crippen LogP contribution < -0.4 is 10.1 Å². The molecule has 1 aromatic heterocycles. The van der Waals surface area contributed by atoms with Gasteiger partial charge in [-0.3, -0.25) is 0 Å². The Morgan fingerprint density at radius 3 is 3.04 bits per heavy atom. The Morgan fingerprint density at radius 1 is 1.46 bits per heavy atom. The highest BCUT2D eigenvalue weighted by Gasteiger charge is 2.25. The van der Waals surface area contributed by atoms with E-state index in [1.807, 2.05) is 6.07 Å². The number of aromatic nitrogens is 2. The number of hydrogen-bond acceptors (Lipinski definition) is 3. The summed E-state index contributed by atoms with van der Waals surface area (Å²) in [6.07, 6.45) is 2.61. The highest BCUT2D eigenvalue weighted by molar-refractivity contribution is 14.1. The molecule has 1 atom stereocenters. The van der Waals surface area contributed by atoms with Crippen molar-refractivity contribution < 1.29 is 13.5 Å². The Labute approximate surface area is 153 Å². The van der Waals surface area contributed by atoms with E-state index < -0.39 is 6.61 Å². The number of alkyl halides is 2. The number of ether oxygens (including phenoxy) is 1. The van der Waals surface area contributed by atoms with Crippen LogP contribution in [0.2, 0.25) is 0 Å². The number of hydrogen-bond donors (Lipinski definition) is 1. The topological polar surface area (TPSA) is 39.1 Å². The van der Waals surface area contributed by atoms with Crippen molar-refractivity contribution in [2.24, 2.45) is 0 Å². The molecule has 1 aromatic carbocycles. The lowest BCUT2D eigenvalue weighted by atomic mass is 10.0. The van der Waals surface area contributed by atoms with Crippen LogP contribution >= 0.6 is 22.6 Å². The van der Waals surface area contributed by atoms with E-state index in [0.29, 0.717) is 0 Å². The Kier molecular flexibility index (Phi) is 5.70. The molecule has 3 rings (SSSR count). The summed E-state index contributed by atoms with van der Waals surface area (Å²) in [6, 6.07) is 7.18. The number of aryl methyl sites for hydroxylation is 2. The number of halogens is 3. The Bertz CT molecular complexity index is 705. The predicted octanol–water partition coefficient (Wildman–Crippen LogP) is 3.93. The van der Waals surface area contributed by atoms with E-state index >= 15 is 0 Å². The van der Waals surface area contributed by atoms with Gasteiger partial charge >= 0.3 is 6.61 Å². The van der Waals surface area contributed by atoms with Crippen molar-refractivity contribution in [2.45, 2.75) is 45.4 Å². The van der Waals surface area contributed by atoms with E-state index in [2.05, 4.69) is 49.1 Å². The largest absolute Gasteiger partial charge is 0.435 e. The van der Waals surface area contributed by atoms with Crippen molar-refractivity contribution in [2.75, 3.05) is 6.54 Å². The van der Waals surface area contributed by atoms with Crippen molar-refractivity contribution in [1.29, 1.82) is 0 Å². The molecule has 1 unspecified atom stereocenters. The standard InChI is InChI=1S/C17H20F2IN3O/c1-2-14-22-16(20)15-13(21-8-9-23(14)15)7-6-11-4-3-5-12(10-11)24-17(18)19/h3-5,10,13,17,21H,2,6-9H2,1H3. The van der Waals surface area contributed by atoms with Crippen molar-refractivity contribution in [3.8, 4) is 5.75 Å². The van der Waals surface area contributed by atoms with Crippen LogP contribution in [0.4, 0.5) is 8.78 Å². The van der Waals surface area contributed by atoms with Gasteiger partial charge in [0, 0.05) is 19.5 Å². The maximum Gasteiger partial charge on any atom is 0.387 e. The molecular formula is C17H20F2IN3O. The third-order valence-electron chi connectivity index (χ3n) is 4.26. The van der Waals surface area contributed by atoms with Crippen LogP contribution in [0, 0.1) is 3.70 Å². The molecule has 1 N–H and O–H groups in total. The van der Waals surface area contributed by atoms with Gasteiger partial charge in [-0.05, 0) is 53.1 Å². The minimum absolute atomic E-state index is 0.215. The average molecular weight is 447 g/mol. The zero-order valence-electron chi connectivity index (χ0n) is 13.4. The van der Waals surface area contributed by atoms with Crippen LogP contribution in [-0.4, -0.2) is 22.7 Å². The van der Waals surface area contributed by atoms with Gasteiger partial charge in [0.25, 0.3) is 0 Å². The lowest BCUT2D eigenvalue weighted by Gasteiger charge is -2.27. The van der Waals surface area contributed by atoms with Gasteiger partial charge in [-0.1, -0.05) is 19.1 Å². The van der Waals surface area contributed by atoms with E-state index in [0.717, 1.165) is 47.4 Å². The summed E-state index contributed by atoms with van der Waals surface area (Å²) < 4.78 is 32.5. The second-order valence-corrected chi connectivity index (χ2v) is 6.80. The van der Waals surface area contributed by atoms with Crippen molar-refractivity contribution in [3.05, 3.63) is 45.0 Å². The van der Waals surface area contributed by atoms with Gasteiger partial charge in [-0.15, -0.1) is 0 Å². The molecular weight excluding hydrogens is 427 g/mol. The molecule has 0 fully saturated rings. The fraction of sp³-hybridized carbons (Fsp3) is 0.471. The third-order valence-corrected chi connectivity index (χ3v) is 5.05. The third kappa shape index (κ3) is 3.88. The molecule has 4 nitrogen and oxygen atoms in total. The molecule has 24 heavy (non-hydrogen) atoms. The van der Waals surface area contributed by atoms with Gasteiger partial charge in [0.05, 0.1) is 11.7 Å². The van der Waals surface area contributed by atoms with Gasteiger partial charge in [-0.2, -0.15) is 8.78 Å². The maximum absolute atomic E-state index is 12.3. The monoisotopic (exact) mass is 447 g/mol. The lowest BCUT2D eigenvalue weighted by Crippen LogP contribution is -2.34. The average Bonchev–Trinajstić information content (AvgIpc) is 2.90. The second-order valence-electron chi connectivity index (χ2n) is 5.78. The molecule has 2 heterocycles. The van der Waals surface area contributed by atoms with Crippen LogP contribution in [0.1, 0.15) is 36.5 Å². The number of imidazole rings is 1. The Morgan fingerprint density at radius 2 is 2.29 bits per heavy atom. The zero-order chi connectivity index (χ0) is 17.1. The quantitative estimate of drug-likeness (QED) is 0.683. The lowest BCUT2D eigenvalue weighted by molar-refractivity contribution is -0.0498. The molecule has 0 saturated carbocycles. The van der Waals surface area contributed by atoms with Crippen LogP contribution in [0.5, 0.6) is 5.75 Å². The van der Waals surface area contributed by atoms with Crippen LogP contribution in [0.3, 0.4) is 0 Å². The summed E-state index contributed by atoms with van der Waals surface area (Å²) in [5, 5.41) is 3.55. The number of nitrogens with one attached hydrogen (secondary N) is 1. The molecule has 1 aliphatic rings. The Hall–Kier alpha value is -1.22. The van der Waals surface area contributed by atoms with Gasteiger partial charge in [0.1, 0.15) is 15.3 Å². The van der Waals surface area contributed by atoms with E-state index in [9.17, 15) is 8.78 Å². The van der Waals surface area contributed by atoms with Crippen LogP contribution in [0.25, 0.3) is 0 Å². The molecule has 1 aliphatic heterocycles. The number of fused-ring (bicyclic) bond motifs is 1. The molecule has 0 amide bonds. The summed E-state index contributed by atoms with van der Waals surface area (Å²) in [6.45, 7) is 1.20. The van der Waals surface area contributed by atoms with E-state index in [-0.39, 0.29) is 11.8 Å². The fourth-order valence-electron chi connectivity index (χ4n) is 3.21. The summed E-state index contributed by atoms with van der Waals surface area (Å²) >= 11 is 2.30. The van der Waals surface area contributed by atoms with Crippen LogP contribution in [-0.2, 0) is 19.4 Å².